The molecule has 0 aliphatic rings. The zero-order chi connectivity index (χ0) is 10.8. The largest absolute Gasteiger partial charge is 0.361 e. The molecule has 1 aromatic rings. The molecule has 0 aliphatic heterocycles. The van der Waals surface area contributed by atoms with Crippen molar-refractivity contribution in [1.82, 2.24) is 10.5 Å². The maximum absolute atomic E-state index is 5.27. The van der Waals surface area contributed by atoms with E-state index in [1.807, 2.05) is 0 Å². The minimum absolute atomic E-state index is 0.0322. The summed E-state index contributed by atoms with van der Waals surface area (Å²) in [5.41, 5.74) is 1.19. The molecule has 0 unspecified atom stereocenters. The Kier molecular flexibility index (Phi) is 3.32. The first kappa shape index (κ1) is 11.2. The molecule has 3 heteroatoms. The Hall–Kier alpha value is -0.830. The summed E-state index contributed by atoms with van der Waals surface area (Å²) in [6.07, 6.45) is 1.80. The highest BCUT2D eigenvalue weighted by Crippen LogP contribution is 2.25. The highest BCUT2D eigenvalue weighted by Gasteiger charge is 2.22. The first-order valence-corrected chi connectivity index (χ1v) is 5.08. The lowest BCUT2D eigenvalue weighted by molar-refractivity contribution is 0.326. The lowest BCUT2D eigenvalue weighted by Crippen LogP contribution is -2.23. The normalized spacial score (nSPS) is 12.4. The molecule has 0 fully saturated rings. The molecular formula is C11H20N2O. The molecule has 0 radical (unpaired) electrons. The summed E-state index contributed by atoms with van der Waals surface area (Å²) >= 11 is 0. The first-order chi connectivity index (χ1) is 6.41. The van der Waals surface area contributed by atoms with Crippen molar-refractivity contribution >= 4 is 0 Å². The molecule has 0 spiro atoms. The van der Waals surface area contributed by atoms with Gasteiger partial charge in [0, 0.05) is 23.6 Å². The zero-order valence-corrected chi connectivity index (χ0v) is 9.72. The van der Waals surface area contributed by atoms with Crippen LogP contribution in [0, 0.1) is 0 Å². The number of hydrogen-bond donors (Lipinski definition) is 1. The Balaban J connectivity index is 2.73. The number of rotatable bonds is 3. The molecule has 14 heavy (non-hydrogen) atoms. The lowest BCUT2D eigenvalue weighted by Gasteiger charge is -2.16. The van der Waals surface area contributed by atoms with Crippen molar-refractivity contribution in [3.63, 3.8) is 0 Å². The average molecular weight is 196 g/mol. The number of nitrogens with zero attached hydrogens (tertiary/aromatic N) is 1. The van der Waals surface area contributed by atoms with Crippen LogP contribution >= 0.6 is 0 Å². The van der Waals surface area contributed by atoms with Gasteiger partial charge < -0.3 is 9.84 Å². The summed E-state index contributed by atoms with van der Waals surface area (Å²) in [4.78, 5) is 0. The van der Waals surface area contributed by atoms with Crippen molar-refractivity contribution in [3.05, 3.63) is 17.5 Å². The maximum Gasteiger partial charge on any atom is 0.146 e. The van der Waals surface area contributed by atoms with Crippen LogP contribution in [0.3, 0.4) is 0 Å². The van der Waals surface area contributed by atoms with Crippen LogP contribution in [0.25, 0.3) is 0 Å². The van der Waals surface area contributed by atoms with Gasteiger partial charge in [0.05, 0.1) is 6.20 Å². The summed E-state index contributed by atoms with van der Waals surface area (Å²) in [6, 6.07) is 0.484. The Labute approximate surface area is 85.9 Å². The molecule has 0 atom stereocenters. The molecule has 0 aliphatic carbocycles. The molecule has 1 rings (SSSR count). The first-order valence-electron chi connectivity index (χ1n) is 5.08. The minimum atomic E-state index is 0.0322. The number of nitrogens with one attached hydrogen (secondary N) is 1. The fourth-order valence-electron chi connectivity index (χ4n) is 1.32. The van der Waals surface area contributed by atoms with E-state index in [2.05, 4.69) is 45.1 Å². The van der Waals surface area contributed by atoms with E-state index in [0.717, 1.165) is 17.9 Å². The van der Waals surface area contributed by atoms with Crippen molar-refractivity contribution in [2.24, 2.45) is 0 Å². The summed E-state index contributed by atoms with van der Waals surface area (Å²) < 4.78 is 5.27. The molecule has 0 aromatic carbocycles. The molecule has 1 aromatic heterocycles. The van der Waals surface area contributed by atoms with E-state index in [1.54, 1.807) is 6.20 Å². The Morgan fingerprint density at radius 1 is 1.43 bits per heavy atom. The van der Waals surface area contributed by atoms with Crippen molar-refractivity contribution < 1.29 is 4.52 Å². The maximum atomic E-state index is 5.27. The van der Waals surface area contributed by atoms with E-state index < -0.39 is 0 Å². The predicted molar refractivity (Wildman–Crippen MR) is 57.2 cm³/mol. The van der Waals surface area contributed by atoms with E-state index in [1.165, 1.54) is 0 Å². The third-order valence-electron chi connectivity index (χ3n) is 2.03. The van der Waals surface area contributed by atoms with Gasteiger partial charge >= 0.3 is 0 Å². The molecule has 0 saturated carbocycles. The molecule has 0 saturated heterocycles. The van der Waals surface area contributed by atoms with Crippen LogP contribution in [0.15, 0.2) is 10.7 Å². The van der Waals surface area contributed by atoms with Gasteiger partial charge in [0.2, 0.25) is 0 Å². The third-order valence-corrected chi connectivity index (χ3v) is 2.03. The summed E-state index contributed by atoms with van der Waals surface area (Å²) in [5.74, 6) is 0.977. The van der Waals surface area contributed by atoms with Gasteiger partial charge in [-0.3, -0.25) is 0 Å². The second kappa shape index (κ2) is 4.13. The van der Waals surface area contributed by atoms with E-state index in [9.17, 15) is 0 Å². The second-order valence-corrected chi connectivity index (χ2v) is 4.97. The van der Waals surface area contributed by atoms with Crippen LogP contribution in [-0.2, 0) is 12.0 Å². The van der Waals surface area contributed by atoms with Gasteiger partial charge in [-0.1, -0.05) is 39.8 Å². The Bertz CT molecular complexity index is 284. The fraction of sp³-hybridized carbons (Fsp3) is 0.727. The van der Waals surface area contributed by atoms with Crippen LogP contribution < -0.4 is 5.32 Å². The van der Waals surface area contributed by atoms with Gasteiger partial charge in [0.1, 0.15) is 5.76 Å². The van der Waals surface area contributed by atoms with Crippen LogP contribution in [0.2, 0.25) is 0 Å². The van der Waals surface area contributed by atoms with Crippen molar-refractivity contribution in [2.45, 2.75) is 52.6 Å². The van der Waals surface area contributed by atoms with Crippen molar-refractivity contribution in [1.29, 1.82) is 0 Å². The van der Waals surface area contributed by atoms with E-state index in [0.29, 0.717) is 6.04 Å². The average Bonchev–Trinajstić information content (AvgIpc) is 2.46. The van der Waals surface area contributed by atoms with Gasteiger partial charge in [-0.25, -0.2) is 0 Å². The Morgan fingerprint density at radius 3 is 2.57 bits per heavy atom. The standard InChI is InChI=1S/C11H20N2O/c1-8(2)12-6-9-7-13-14-10(9)11(3,4)5/h7-8,12H,6H2,1-5H3. The van der Waals surface area contributed by atoms with E-state index >= 15 is 0 Å². The zero-order valence-electron chi connectivity index (χ0n) is 9.72. The topological polar surface area (TPSA) is 38.1 Å². The van der Waals surface area contributed by atoms with Crippen LogP contribution in [0.5, 0.6) is 0 Å². The summed E-state index contributed by atoms with van der Waals surface area (Å²) in [6.45, 7) is 11.5. The molecule has 80 valence electrons. The quantitative estimate of drug-likeness (QED) is 0.807. The lowest BCUT2D eigenvalue weighted by atomic mass is 9.90. The SMILES string of the molecule is CC(C)NCc1cnoc1C(C)(C)C. The fourth-order valence-corrected chi connectivity index (χ4v) is 1.32. The van der Waals surface area contributed by atoms with Crippen LogP contribution in [0.4, 0.5) is 0 Å². The monoisotopic (exact) mass is 196 g/mol. The molecule has 1 heterocycles. The Morgan fingerprint density at radius 2 is 2.07 bits per heavy atom. The van der Waals surface area contributed by atoms with Gasteiger partial charge in [-0.15, -0.1) is 0 Å². The minimum Gasteiger partial charge on any atom is -0.361 e. The van der Waals surface area contributed by atoms with E-state index in [4.69, 9.17) is 4.52 Å². The summed E-state index contributed by atoms with van der Waals surface area (Å²) in [7, 11) is 0. The van der Waals surface area contributed by atoms with Crippen molar-refractivity contribution in [3.8, 4) is 0 Å². The van der Waals surface area contributed by atoms with Crippen LogP contribution in [-0.4, -0.2) is 11.2 Å². The van der Waals surface area contributed by atoms with Crippen LogP contribution in [0.1, 0.15) is 45.9 Å². The van der Waals surface area contributed by atoms with Crippen molar-refractivity contribution in [2.75, 3.05) is 0 Å². The smallest absolute Gasteiger partial charge is 0.146 e. The summed E-state index contributed by atoms with van der Waals surface area (Å²) in [5, 5.41) is 7.21. The van der Waals surface area contributed by atoms with Gasteiger partial charge in [-0.2, -0.15) is 0 Å². The van der Waals surface area contributed by atoms with Gasteiger partial charge in [-0.05, 0) is 0 Å². The molecule has 0 amide bonds. The predicted octanol–water partition coefficient (Wildman–Crippen LogP) is 2.47. The third kappa shape index (κ3) is 2.84. The highest BCUT2D eigenvalue weighted by atomic mass is 16.5. The highest BCUT2D eigenvalue weighted by molar-refractivity contribution is 5.20. The second-order valence-electron chi connectivity index (χ2n) is 4.97. The van der Waals surface area contributed by atoms with E-state index in [-0.39, 0.29) is 5.41 Å². The number of aromatic nitrogens is 1. The molecule has 1 N–H and O–H groups in total. The molecular weight excluding hydrogens is 176 g/mol. The molecule has 0 bridgehead atoms. The molecule has 3 nitrogen and oxygen atoms in total. The van der Waals surface area contributed by atoms with Gasteiger partial charge in [0.15, 0.2) is 0 Å². The number of hydrogen-bond acceptors (Lipinski definition) is 3. The van der Waals surface area contributed by atoms with Gasteiger partial charge in [0.25, 0.3) is 0 Å².